The van der Waals surface area contributed by atoms with E-state index in [-0.39, 0.29) is 12.0 Å². The van der Waals surface area contributed by atoms with Crippen LogP contribution >= 0.6 is 0 Å². The van der Waals surface area contributed by atoms with E-state index in [1.165, 1.54) is 0 Å². The molecule has 1 unspecified atom stereocenters. The van der Waals surface area contributed by atoms with Crippen LogP contribution < -0.4 is 5.73 Å². The van der Waals surface area contributed by atoms with Crippen LogP contribution in [0.5, 0.6) is 0 Å². The van der Waals surface area contributed by atoms with Crippen LogP contribution in [0.3, 0.4) is 0 Å². The molecule has 0 saturated carbocycles. The second-order valence-corrected chi connectivity index (χ2v) is 3.83. The first-order valence-corrected chi connectivity index (χ1v) is 4.97. The maximum absolute atomic E-state index is 11.1. The van der Waals surface area contributed by atoms with E-state index in [4.69, 9.17) is 10.5 Å². The zero-order valence-corrected chi connectivity index (χ0v) is 8.88. The van der Waals surface area contributed by atoms with E-state index in [1.54, 1.807) is 0 Å². The van der Waals surface area contributed by atoms with Gasteiger partial charge in [-0.05, 0) is 12.3 Å². The van der Waals surface area contributed by atoms with E-state index in [2.05, 4.69) is 6.92 Å². The van der Waals surface area contributed by atoms with E-state index < -0.39 is 0 Å². The van der Waals surface area contributed by atoms with Gasteiger partial charge in [0.2, 0.25) is 0 Å². The summed E-state index contributed by atoms with van der Waals surface area (Å²) in [7, 11) is 0. The number of carbonyl (C=O) groups excluding carboxylic acids is 1. The lowest BCUT2D eigenvalue weighted by molar-refractivity contribution is -0.145. The molecule has 2 N–H and O–H groups in total. The van der Waals surface area contributed by atoms with Crippen molar-refractivity contribution in [1.29, 1.82) is 0 Å². The Kier molecular flexibility index (Phi) is 6.59. The average molecular weight is 187 g/mol. The highest BCUT2D eigenvalue weighted by Crippen LogP contribution is 2.01. The first-order chi connectivity index (χ1) is 6.06. The van der Waals surface area contributed by atoms with Gasteiger partial charge in [-0.15, -0.1) is 0 Å². The summed E-state index contributed by atoms with van der Waals surface area (Å²) in [5.41, 5.74) is 5.69. The van der Waals surface area contributed by atoms with Crippen LogP contribution in [0.4, 0.5) is 0 Å². The second-order valence-electron chi connectivity index (χ2n) is 3.83. The summed E-state index contributed by atoms with van der Waals surface area (Å²) in [6, 6.07) is -0.0373. The van der Waals surface area contributed by atoms with Crippen LogP contribution in [0.1, 0.15) is 40.0 Å². The molecular formula is C10H21NO2. The lowest BCUT2D eigenvalue weighted by Gasteiger charge is -2.10. The van der Waals surface area contributed by atoms with Crippen LogP contribution in [0.2, 0.25) is 0 Å². The molecule has 3 heteroatoms. The fourth-order valence-corrected chi connectivity index (χ4v) is 1.01. The highest BCUT2D eigenvalue weighted by atomic mass is 16.5. The third-order valence-corrected chi connectivity index (χ3v) is 1.67. The lowest BCUT2D eigenvalue weighted by Crippen LogP contribution is -2.25. The molecule has 0 aliphatic carbocycles. The Morgan fingerprint density at radius 3 is 2.54 bits per heavy atom. The normalized spacial score (nSPS) is 13.0. The maximum Gasteiger partial charge on any atom is 0.307 e. The highest BCUT2D eigenvalue weighted by Gasteiger charge is 2.09. The molecule has 0 aromatic heterocycles. The van der Waals surface area contributed by atoms with Crippen molar-refractivity contribution in [2.45, 2.75) is 46.1 Å². The zero-order chi connectivity index (χ0) is 10.3. The molecule has 0 saturated heterocycles. The molecule has 0 rings (SSSR count). The van der Waals surface area contributed by atoms with Gasteiger partial charge in [-0.1, -0.05) is 27.2 Å². The van der Waals surface area contributed by atoms with Crippen molar-refractivity contribution in [3.63, 3.8) is 0 Å². The van der Waals surface area contributed by atoms with E-state index in [9.17, 15) is 4.79 Å². The van der Waals surface area contributed by atoms with Crippen LogP contribution in [-0.2, 0) is 9.53 Å². The predicted octanol–water partition coefficient (Wildman–Crippen LogP) is 1.70. The number of nitrogens with two attached hydrogens (primary N) is 1. The van der Waals surface area contributed by atoms with Gasteiger partial charge >= 0.3 is 5.97 Å². The molecule has 0 bridgehead atoms. The van der Waals surface area contributed by atoms with Crippen molar-refractivity contribution in [1.82, 2.24) is 0 Å². The van der Waals surface area contributed by atoms with Crippen LogP contribution in [0.25, 0.3) is 0 Å². The summed E-state index contributed by atoms with van der Waals surface area (Å²) in [4.78, 5) is 11.1. The molecule has 3 nitrogen and oxygen atoms in total. The van der Waals surface area contributed by atoms with Crippen molar-refractivity contribution < 1.29 is 9.53 Å². The second kappa shape index (κ2) is 6.89. The monoisotopic (exact) mass is 187 g/mol. The fourth-order valence-electron chi connectivity index (χ4n) is 1.01. The third kappa shape index (κ3) is 7.78. The van der Waals surface area contributed by atoms with Gasteiger partial charge in [0, 0.05) is 6.04 Å². The quantitative estimate of drug-likeness (QED) is 0.644. The van der Waals surface area contributed by atoms with Crippen molar-refractivity contribution >= 4 is 5.97 Å². The molecule has 78 valence electrons. The Labute approximate surface area is 80.6 Å². The van der Waals surface area contributed by atoms with Crippen LogP contribution in [-0.4, -0.2) is 18.6 Å². The molecule has 0 radical (unpaired) electrons. The molecule has 0 heterocycles. The third-order valence-electron chi connectivity index (χ3n) is 1.67. The average Bonchev–Trinajstić information content (AvgIpc) is 2.01. The minimum absolute atomic E-state index is 0.0373. The summed E-state index contributed by atoms with van der Waals surface area (Å²) in [6.07, 6.45) is 2.25. The molecule has 0 aromatic rings. The number of hydrogen-bond donors (Lipinski definition) is 1. The Hall–Kier alpha value is -0.570. The summed E-state index contributed by atoms with van der Waals surface area (Å²) in [6.45, 7) is 6.58. The molecule has 1 atom stereocenters. The van der Waals surface area contributed by atoms with E-state index in [0.29, 0.717) is 18.9 Å². The van der Waals surface area contributed by atoms with Crippen molar-refractivity contribution in [3.8, 4) is 0 Å². The number of hydrogen-bond acceptors (Lipinski definition) is 3. The molecule has 0 aliphatic rings. The minimum Gasteiger partial charge on any atom is -0.465 e. The summed E-state index contributed by atoms with van der Waals surface area (Å²) in [5, 5.41) is 0. The SMILES string of the molecule is CCCC(N)CC(=O)OCC(C)C. The largest absolute Gasteiger partial charge is 0.465 e. The van der Waals surface area contributed by atoms with E-state index >= 15 is 0 Å². The van der Waals surface area contributed by atoms with Crippen LogP contribution in [0, 0.1) is 5.92 Å². The van der Waals surface area contributed by atoms with Crippen molar-refractivity contribution in [2.24, 2.45) is 11.7 Å². The molecular weight excluding hydrogens is 166 g/mol. The predicted molar refractivity (Wildman–Crippen MR) is 53.3 cm³/mol. The summed E-state index contributed by atoms with van der Waals surface area (Å²) in [5.74, 6) is 0.223. The first-order valence-electron chi connectivity index (χ1n) is 4.97. The van der Waals surface area contributed by atoms with Crippen molar-refractivity contribution in [2.75, 3.05) is 6.61 Å². The number of rotatable bonds is 6. The zero-order valence-electron chi connectivity index (χ0n) is 8.88. The lowest BCUT2D eigenvalue weighted by atomic mass is 10.1. The Morgan fingerprint density at radius 2 is 2.08 bits per heavy atom. The molecule has 0 fully saturated rings. The minimum atomic E-state index is -0.172. The van der Waals surface area contributed by atoms with Gasteiger partial charge in [0.05, 0.1) is 13.0 Å². The van der Waals surface area contributed by atoms with E-state index in [1.807, 2.05) is 13.8 Å². The Balaban J connectivity index is 3.50. The Bertz CT molecular complexity index is 146. The first kappa shape index (κ1) is 12.4. The summed E-state index contributed by atoms with van der Waals surface area (Å²) < 4.78 is 5.00. The molecule has 0 aromatic carbocycles. The topological polar surface area (TPSA) is 52.3 Å². The van der Waals surface area contributed by atoms with Crippen molar-refractivity contribution in [3.05, 3.63) is 0 Å². The van der Waals surface area contributed by atoms with Crippen LogP contribution in [0.15, 0.2) is 0 Å². The highest BCUT2D eigenvalue weighted by molar-refractivity contribution is 5.70. The fraction of sp³-hybridized carbons (Fsp3) is 0.900. The van der Waals surface area contributed by atoms with Gasteiger partial charge in [0.25, 0.3) is 0 Å². The smallest absolute Gasteiger partial charge is 0.307 e. The van der Waals surface area contributed by atoms with Gasteiger partial charge in [-0.25, -0.2) is 0 Å². The number of ether oxygens (including phenoxy) is 1. The van der Waals surface area contributed by atoms with Gasteiger partial charge < -0.3 is 10.5 Å². The van der Waals surface area contributed by atoms with E-state index in [0.717, 1.165) is 12.8 Å². The standard InChI is InChI=1S/C10H21NO2/c1-4-5-9(11)6-10(12)13-7-8(2)3/h8-9H,4-7,11H2,1-3H3. The molecule has 13 heavy (non-hydrogen) atoms. The maximum atomic E-state index is 11.1. The van der Waals surface area contributed by atoms with Gasteiger partial charge in [0.1, 0.15) is 0 Å². The van der Waals surface area contributed by atoms with Gasteiger partial charge in [-0.3, -0.25) is 4.79 Å². The Morgan fingerprint density at radius 1 is 1.46 bits per heavy atom. The number of esters is 1. The van der Waals surface area contributed by atoms with Gasteiger partial charge in [-0.2, -0.15) is 0 Å². The molecule has 0 spiro atoms. The van der Waals surface area contributed by atoms with Gasteiger partial charge in [0.15, 0.2) is 0 Å². The summed E-state index contributed by atoms with van der Waals surface area (Å²) >= 11 is 0. The molecule has 0 amide bonds. The number of carbonyl (C=O) groups is 1. The molecule has 0 aliphatic heterocycles.